The fourth-order valence-electron chi connectivity index (χ4n) is 1.16. The van der Waals surface area contributed by atoms with Gasteiger partial charge in [0, 0.05) is 17.7 Å². The normalized spacial score (nSPS) is 10.1. The first-order chi connectivity index (χ1) is 8.20. The van der Waals surface area contributed by atoms with Gasteiger partial charge in [-0.3, -0.25) is 4.98 Å². The van der Waals surface area contributed by atoms with Crippen molar-refractivity contribution in [2.24, 2.45) is 0 Å². The fourth-order valence-corrected chi connectivity index (χ4v) is 1.99. The third-order valence-electron chi connectivity index (χ3n) is 1.89. The summed E-state index contributed by atoms with van der Waals surface area (Å²) in [5.41, 5.74) is 0. The van der Waals surface area contributed by atoms with E-state index in [1.54, 1.807) is 25.5 Å². The molecule has 0 unspecified atom stereocenters. The number of hydrogen-bond donors (Lipinski definition) is 1. The van der Waals surface area contributed by atoms with Gasteiger partial charge in [0.05, 0.1) is 6.20 Å². The van der Waals surface area contributed by atoms with Gasteiger partial charge in [0.15, 0.2) is 0 Å². The molecular formula is C10H8Br2N4O. The molecule has 0 aliphatic heterocycles. The summed E-state index contributed by atoms with van der Waals surface area (Å²) in [7, 11) is 1.78. The van der Waals surface area contributed by atoms with Crippen LogP contribution in [-0.2, 0) is 0 Å². The molecule has 0 saturated heterocycles. The van der Waals surface area contributed by atoms with Crippen LogP contribution in [0.3, 0.4) is 0 Å². The van der Waals surface area contributed by atoms with Crippen LogP contribution >= 0.6 is 31.9 Å². The van der Waals surface area contributed by atoms with E-state index < -0.39 is 0 Å². The van der Waals surface area contributed by atoms with E-state index in [9.17, 15) is 0 Å². The van der Waals surface area contributed by atoms with E-state index in [1.165, 1.54) is 6.33 Å². The monoisotopic (exact) mass is 358 g/mol. The number of anilines is 1. The lowest BCUT2D eigenvalue weighted by Crippen LogP contribution is -1.97. The van der Waals surface area contributed by atoms with Crippen molar-refractivity contribution >= 4 is 37.7 Å². The van der Waals surface area contributed by atoms with Gasteiger partial charge >= 0.3 is 0 Å². The Morgan fingerprint density at radius 2 is 2.06 bits per heavy atom. The zero-order chi connectivity index (χ0) is 12.3. The number of hydrogen-bond acceptors (Lipinski definition) is 5. The molecule has 0 aliphatic rings. The van der Waals surface area contributed by atoms with Crippen LogP contribution in [-0.4, -0.2) is 22.0 Å². The summed E-state index contributed by atoms with van der Waals surface area (Å²) in [5, 5.41) is 2.93. The molecule has 0 aromatic carbocycles. The van der Waals surface area contributed by atoms with E-state index in [1.807, 2.05) is 0 Å². The van der Waals surface area contributed by atoms with Crippen molar-refractivity contribution in [2.45, 2.75) is 0 Å². The summed E-state index contributed by atoms with van der Waals surface area (Å²) in [6.45, 7) is 0. The smallest absolute Gasteiger partial charge is 0.238 e. The molecular weight excluding hydrogens is 352 g/mol. The second kappa shape index (κ2) is 5.42. The fraction of sp³-hybridized carbons (Fsp3) is 0.100. The van der Waals surface area contributed by atoms with Crippen molar-refractivity contribution in [1.29, 1.82) is 0 Å². The van der Waals surface area contributed by atoms with Crippen molar-refractivity contribution in [1.82, 2.24) is 15.0 Å². The highest BCUT2D eigenvalue weighted by molar-refractivity contribution is 9.11. The van der Waals surface area contributed by atoms with Crippen LogP contribution in [0, 0.1) is 0 Å². The van der Waals surface area contributed by atoms with Crippen LogP contribution in [0.2, 0.25) is 0 Å². The van der Waals surface area contributed by atoms with Gasteiger partial charge in [-0.1, -0.05) is 0 Å². The van der Waals surface area contributed by atoms with Crippen molar-refractivity contribution in [3.8, 4) is 11.6 Å². The average molecular weight is 360 g/mol. The molecule has 7 heteroatoms. The second-order valence-corrected chi connectivity index (χ2v) is 4.74. The lowest BCUT2D eigenvalue weighted by Gasteiger charge is -2.08. The maximum atomic E-state index is 5.60. The van der Waals surface area contributed by atoms with Gasteiger partial charge in [0.25, 0.3) is 0 Å². The summed E-state index contributed by atoms with van der Waals surface area (Å²) < 4.78 is 7.11. The molecule has 88 valence electrons. The highest BCUT2D eigenvalue weighted by Gasteiger charge is 2.09. The van der Waals surface area contributed by atoms with E-state index >= 15 is 0 Å². The van der Waals surface area contributed by atoms with Gasteiger partial charge in [-0.15, -0.1) is 0 Å². The standard InChI is InChI=1S/C10H8Br2N4O/c1-13-9-8(12)10(16-5-15-9)17-7-2-6(11)3-14-4-7/h2-5H,1H3,(H,13,15,16). The molecule has 5 nitrogen and oxygen atoms in total. The maximum absolute atomic E-state index is 5.60. The summed E-state index contributed by atoms with van der Waals surface area (Å²) in [6, 6.07) is 1.81. The number of rotatable bonds is 3. The van der Waals surface area contributed by atoms with E-state index in [4.69, 9.17) is 4.74 Å². The molecule has 1 N–H and O–H groups in total. The minimum absolute atomic E-state index is 0.434. The summed E-state index contributed by atoms with van der Waals surface area (Å²) in [4.78, 5) is 12.1. The van der Waals surface area contributed by atoms with Gasteiger partial charge in [0.1, 0.15) is 22.4 Å². The Hall–Kier alpha value is -1.21. The highest BCUT2D eigenvalue weighted by atomic mass is 79.9. The van der Waals surface area contributed by atoms with E-state index in [2.05, 4.69) is 52.1 Å². The third-order valence-corrected chi connectivity index (χ3v) is 3.04. The van der Waals surface area contributed by atoms with E-state index in [0.717, 1.165) is 4.47 Å². The average Bonchev–Trinajstić information content (AvgIpc) is 2.32. The van der Waals surface area contributed by atoms with Crippen molar-refractivity contribution in [3.05, 3.63) is 33.7 Å². The molecule has 0 saturated carbocycles. The summed E-state index contributed by atoms with van der Waals surface area (Å²) >= 11 is 6.70. The second-order valence-electron chi connectivity index (χ2n) is 3.03. The van der Waals surface area contributed by atoms with Gasteiger partial charge in [-0.05, 0) is 37.9 Å². The predicted molar refractivity (Wildman–Crippen MR) is 71.3 cm³/mol. The SMILES string of the molecule is CNc1ncnc(Oc2cncc(Br)c2)c1Br. The zero-order valence-corrected chi connectivity index (χ0v) is 12.0. The van der Waals surface area contributed by atoms with Crippen LogP contribution in [0.5, 0.6) is 11.6 Å². The third kappa shape index (κ3) is 2.92. The molecule has 0 amide bonds. The first-order valence-electron chi connectivity index (χ1n) is 4.67. The number of pyridine rings is 1. The maximum Gasteiger partial charge on any atom is 0.238 e. The van der Waals surface area contributed by atoms with Gasteiger partial charge in [-0.2, -0.15) is 0 Å². The Kier molecular flexibility index (Phi) is 3.90. The Morgan fingerprint density at radius 1 is 1.24 bits per heavy atom. The van der Waals surface area contributed by atoms with Gasteiger partial charge < -0.3 is 10.1 Å². The Bertz CT molecular complexity index is 535. The molecule has 2 aromatic rings. The molecule has 0 atom stereocenters. The quantitative estimate of drug-likeness (QED) is 0.911. The van der Waals surface area contributed by atoms with E-state index in [0.29, 0.717) is 21.9 Å². The molecule has 2 aromatic heterocycles. The molecule has 0 fully saturated rings. The largest absolute Gasteiger partial charge is 0.436 e. The lowest BCUT2D eigenvalue weighted by atomic mass is 10.4. The number of aromatic nitrogens is 3. The van der Waals surface area contributed by atoms with Crippen molar-refractivity contribution < 1.29 is 4.74 Å². The minimum atomic E-state index is 0.434. The number of nitrogens with one attached hydrogen (secondary N) is 1. The summed E-state index contributed by atoms with van der Waals surface area (Å²) in [6.07, 6.45) is 4.72. The van der Waals surface area contributed by atoms with Crippen LogP contribution in [0.4, 0.5) is 5.82 Å². The minimum Gasteiger partial charge on any atom is -0.436 e. The Labute approximate surface area is 115 Å². The summed E-state index contributed by atoms with van der Waals surface area (Å²) in [5.74, 6) is 1.70. The van der Waals surface area contributed by atoms with Crippen molar-refractivity contribution in [2.75, 3.05) is 12.4 Å². The van der Waals surface area contributed by atoms with Gasteiger partial charge in [0.2, 0.25) is 5.88 Å². The molecule has 17 heavy (non-hydrogen) atoms. The molecule has 2 heterocycles. The van der Waals surface area contributed by atoms with Gasteiger partial charge in [-0.25, -0.2) is 9.97 Å². The first kappa shape index (κ1) is 12.3. The Balaban J connectivity index is 2.30. The Morgan fingerprint density at radius 3 is 2.76 bits per heavy atom. The predicted octanol–water partition coefficient (Wildman–Crippen LogP) is 3.23. The topological polar surface area (TPSA) is 59.9 Å². The van der Waals surface area contributed by atoms with Crippen LogP contribution in [0.15, 0.2) is 33.7 Å². The molecule has 0 bridgehead atoms. The highest BCUT2D eigenvalue weighted by Crippen LogP contribution is 2.31. The molecule has 0 spiro atoms. The van der Waals surface area contributed by atoms with E-state index in [-0.39, 0.29) is 0 Å². The lowest BCUT2D eigenvalue weighted by molar-refractivity contribution is 0.456. The number of ether oxygens (including phenoxy) is 1. The van der Waals surface area contributed by atoms with Crippen LogP contribution < -0.4 is 10.1 Å². The molecule has 0 aliphatic carbocycles. The number of nitrogens with zero attached hydrogens (tertiary/aromatic N) is 3. The van der Waals surface area contributed by atoms with Crippen molar-refractivity contribution in [3.63, 3.8) is 0 Å². The van der Waals surface area contributed by atoms with Crippen LogP contribution in [0.25, 0.3) is 0 Å². The van der Waals surface area contributed by atoms with Crippen LogP contribution in [0.1, 0.15) is 0 Å². The first-order valence-corrected chi connectivity index (χ1v) is 6.26. The molecule has 2 rings (SSSR count). The number of halogens is 2. The molecule has 0 radical (unpaired) electrons. The zero-order valence-electron chi connectivity index (χ0n) is 8.82.